The van der Waals surface area contributed by atoms with E-state index in [1.165, 1.54) is 0 Å². The Morgan fingerprint density at radius 2 is 1.95 bits per heavy atom. The van der Waals surface area contributed by atoms with Crippen molar-refractivity contribution in [1.82, 2.24) is 0 Å². The number of hydrogen-bond donors (Lipinski definition) is 5. The normalized spacial score (nSPS) is 32.7. The zero-order valence-electron chi connectivity index (χ0n) is 11.8. The molecule has 1 saturated heterocycles. The van der Waals surface area contributed by atoms with Gasteiger partial charge in [0.25, 0.3) is 0 Å². The fourth-order valence-electron chi connectivity index (χ4n) is 2.24. The first kappa shape index (κ1) is 16.0. The monoisotopic (exact) mass is 299 g/mol. The van der Waals surface area contributed by atoms with Crippen LogP contribution in [0.3, 0.4) is 0 Å². The zero-order valence-corrected chi connectivity index (χ0v) is 11.8. The van der Waals surface area contributed by atoms with Crippen LogP contribution in [0.2, 0.25) is 0 Å². The van der Waals surface area contributed by atoms with E-state index in [2.05, 4.69) is 5.32 Å². The Kier molecular flexibility index (Phi) is 5.02. The Labute approximate surface area is 122 Å². The van der Waals surface area contributed by atoms with Gasteiger partial charge in [0, 0.05) is 5.69 Å². The van der Waals surface area contributed by atoms with Crippen LogP contribution < -0.4 is 10.1 Å². The first-order valence-electron chi connectivity index (χ1n) is 6.82. The van der Waals surface area contributed by atoms with E-state index >= 15 is 0 Å². The van der Waals surface area contributed by atoms with E-state index in [-0.39, 0.29) is 6.61 Å². The van der Waals surface area contributed by atoms with Crippen LogP contribution in [0.4, 0.5) is 5.69 Å². The smallest absolute Gasteiger partial charge is 0.190 e. The maximum absolute atomic E-state index is 10.1. The topological polar surface area (TPSA) is 111 Å². The number of benzene rings is 1. The highest BCUT2D eigenvalue weighted by molar-refractivity contribution is 5.48. The number of aliphatic hydroxyl groups excluding tert-OH is 4. The molecular formula is C14H21NO6. The number of aliphatic hydroxyl groups is 4. The minimum atomic E-state index is -1.56. The van der Waals surface area contributed by atoms with Gasteiger partial charge in [0.2, 0.25) is 0 Å². The van der Waals surface area contributed by atoms with Gasteiger partial charge < -0.3 is 35.2 Å². The number of hydrogen-bond acceptors (Lipinski definition) is 7. The summed E-state index contributed by atoms with van der Waals surface area (Å²) in [4.78, 5) is 0. The van der Waals surface area contributed by atoms with Crippen molar-refractivity contribution in [2.75, 3.05) is 25.1 Å². The number of nitrogens with one attached hydrogen (secondary N) is 1. The molecule has 1 aliphatic rings. The first-order valence-corrected chi connectivity index (χ1v) is 6.82. The van der Waals surface area contributed by atoms with Crippen molar-refractivity contribution in [3.8, 4) is 5.75 Å². The van der Waals surface area contributed by atoms with Crippen molar-refractivity contribution in [3.63, 3.8) is 0 Å². The van der Waals surface area contributed by atoms with Gasteiger partial charge in [-0.1, -0.05) is 0 Å². The minimum absolute atomic E-state index is 0.192. The molecule has 5 N–H and O–H groups in total. The summed E-state index contributed by atoms with van der Waals surface area (Å²) in [6.45, 7) is 1.68. The van der Waals surface area contributed by atoms with Crippen LogP contribution in [0.1, 0.15) is 6.92 Å². The quantitative estimate of drug-likeness (QED) is 0.489. The molecule has 0 aromatic heterocycles. The molecule has 118 valence electrons. The van der Waals surface area contributed by atoms with Gasteiger partial charge in [0.05, 0.1) is 19.8 Å². The summed E-state index contributed by atoms with van der Waals surface area (Å²) in [6, 6.07) is 6.88. The van der Waals surface area contributed by atoms with Gasteiger partial charge in [-0.05, 0) is 31.2 Å². The summed E-state index contributed by atoms with van der Waals surface area (Å²) >= 11 is 0. The maximum Gasteiger partial charge on any atom is 0.190 e. The van der Waals surface area contributed by atoms with Crippen molar-refractivity contribution >= 4 is 5.69 Å². The third-order valence-corrected chi connectivity index (χ3v) is 3.46. The van der Waals surface area contributed by atoms with Crippen LogP contribution in [0.25, 0.3) is 0 Å². The summed E-state index contributed by atoms with van der Waals surface area (Å²) in [5, 5.41) is 41.7. The highest BCUT2D eigenvalue weighted by Gasteiger charge is 2.49. The average Bonchev–Trinajstić information content (AvgIpc) is 2.50. The van der Waals surface area contributed by atoms with E-state index in [0.29, 0.717) is 18.0 Å². The highest BCUT2D eigenvalue weighted by atomic mass is 16.6. The Morgan fingerprint density at radius 3 is 2.52 bits per heavy atom. The second-order valence-corrected chi connectivity index (χ2v) is 4.94. The molecule has 7 nitrogen and oxygen atoms in total. The lowest BCUT2D eigenvalue weighted by molar-refractivity contribution is -0.235. The minimum Gasteiger partial charge on any atom is -0.494 e. The summed E-state index contributed by atoms with van der Waals surface area (Å²) in [5.41, 5.74) is -0.985. The van der Waals surface area contributed by atoms with Crippen molar-refractivity contribution in [1.29, 1.82) is 0 Å². The SMILES string of the molecule is CCOc1ccc(N[C@]2(CO)OC[C@H](O)[C@@H](O)[C@H]2O)cc1. The predicted octanol–water partition coefficient (Wildman–Crippen LogP) is -0.701. The van der Waals surface area contributed by atoms with E-state index < -0.39 is 30.6 Å². The molecule has 0 aliphatic carbocycles. The molecule has 0 spiro atoms. The molecule has 1 aliphatic heterocycles. The van der Waals surface area contributed by atoms with Gasteiger partial charge in [-0.2, -0.15) is 0 Å². The van der Waals surface area contributed by atoms with Gasteiger partial charge >= 0.3 is 0 Å². The van der Waals surface area contributed by atoms with Gasteiger partial charge in [-0.15, -0.1) is 0 Å². The van der Waals surface area contributed by atoms with Crippen molar-refractivity contribution in [2.24, 2.45) is 0 Å². The van der Waals surface area contributed by atoms with Gasteiger partial charge in [0.15, 0.2) is 5.72 Å². The van der Waals surface area contributed by atoms with Gasteiger partial charge in [-0.3, -0.25) is 0 Å². The lowest BCUT2D eigenvalue weighted by Gasteiger charge is -2.45. The summed E-state index contributed by atoms with van der Waals surface area (Å²) in [5.74, 6) is 0.696. The maximum atomic E-state index is 10.1. The Hall–Kier alpha value is -1.38. The predicted molar refractivity (Wildman–Crippen MR) is 75.0 cm³/mol. The van der Waals surface area contributed by atoms with Gasteiger partial charge in [0.1, 0.15) is 24.1 Å². The highest BCUT2D eigenvalue weighted by Crippen LogP contribution is 2.28. The van der Waals surface area contributed by atoms with Crippen LogP contribution in [-0.4, -0.2) is 64.3 Å². The molecule has 0 radical (unpaired) electrons. The summed E-state index contributed by atoms with van der Waals surface area (Å²) < 4.78 is 10.7. The number of rotatable bonds is 5. The molecule has 1 aromatic rings. The van der Waals surface area contributed by atoms with E-state index in [4.69, 9.17) is 9.47 Å². The Bertz CT molecular complexity index is 453. The van der Waals surface area contributed by atoms with Gasteiger partial charge in [-0.25, -0.2) is 0 Å². The third-order valence-electron chi connectivity index (χ3n) is 3.46. The molecule has 1 heterocycles. The van der Waals surface area contributed by atoms with Crippen LogP contribution in [0, 0.1) is 0 Å². The molecule has 21 heavy (non-hydrogen) atoms. The standard InChI is InChI=1S/C14H21NO6/c1-2-20-10-5-3-9(4-6-10)15-14(8-16)13(19)12(18)11(17)7-21-14/h3-6,11-13,15-19H,2,7-8H2,1H3/t11-,12+,13+,14+/m0/s1. The molecule has 2 rings (SSSR count). The lowest BCUT2D eigenvalue weighted by atomic mass is 9.94. The Balaban J connectivity index is 2.14. The van der Waals surface area contributed by atoms with E-state index in [0.717, 1.165) is 0 Å². The summed E-state index contributed by atoms with van der Waals surface area (Å²) in [6.07, 6.45) is -4.07. The fourth-order valence-corrected chi connectivity index (χ4v) is 2.24. The Morgan fingerprint density at radius 1 is 1.29 bits per heavy atom. The molecule has 1 fully saturated rings. The molecular weight excluding hydrogens is 278 g/mol. The van der Waals surface area contributed by atoms with E-state index in [1.807, 2.05) is 6.92 Å². The second-order valence-electron chi connectivity index (χ2n) is 4.94. The van der Waals surface area contributed by atoms with Crippen LogP contribution in [0.15, 0.2) is 24.3 Å². The molecule has 7 heteroatoms. The fraction of sp³-hybridized carbons (Fsp3) is 0.571. The third kappa shape index (κ3) is 3.28. The van der Waals surface area contributed by atoms with E-state index in [1.54, 1.807) is 24.3 Å². The van der Waals surface area contributed by atoms with E-state index in [9.17, 15) is 20.4 Å². The first-order chi connectivity index (χ1) is 10.0. The molecule has 4 atom stereocenters. The molecule has 0 amide bonds. The molecule has 1 aromatic carbocycles. The summed E-state index contributed by atoms with van der Waals surface area (Å²) in [7, 11) is 0. The molecule has 0 unspecified atom stereocenters. The van der Waals surface area contributed by atoms with Crippen molar-refractivity contribution in [2.45, 2.75) is 31.0 Å². The number of ether oxygens (including phenoxy) is 2. The lowest BCUT2D eigenvalue weighted by Crippen LogP contribution is -2.66. The van der Waals surface area contributed by atoms with Crippen LogP contribution in [-0.2, 0) is 4.74 Å². The van der Waals surface area contributed by atoms with Crippen LogP contribution in [0.5, 0.6) is 5.75 Å². The van der Waals surface area contributed by atoms with Crippen molar-refractivity contribution in [3.05, 3.63) is 24.3 Å². The zero-order chi connectivity index (χ0) is 15.5. The number of anilines is 1. The van der Waals surface area contributed by atoms with Crippen molar-refractivity contribution < 1.29 is 29.9 Å². The molecule has 0 saturated carbocycles. The molecule has 0 bridgehead atoms. The average molecular weight is 299 g/mol. The second kappa shape index (κ2) is 6.59. The van der Waals surface area contributed by atoms with Crippen LogP contribution >= 0.6 is 0 Å². The largest absolute Gasteiger partial charge is 0.494 e.